The number of carboxylic acids is 1. The summed E-state index contributed by atoms with van der Waals surface area (Å²) in [6, 6.07) is 3.17. The van der Waals surface area contributed by atoms with E-state index < -0.39 is 28.4 Å². The minimum atomic E-state index is -0.919. The van der Waals surface area contributed by atoms with Gasteiger partial charge >= 0.3 is 12.0 Å². The number of carbonyl (C=O) groups is 2. The molecule has 2 aliphatic rings. The van der Waals surface area contributed by atoms with Gasteiger partial charge < -0.3 is 15.3 Å². The molecule has 5 nitrogen and oxygen atoms in total. The summed E-state index contributed by atoms with van der Waals surface area (Å²) in [7, 11) is 0. The highest BCUT2D eigenvalue weighted by Crippen LogP contribution is 2.48. The second-order valence-corrected chi connectivity index (χ2v) is 7.10. The molecule has 1 saturated heterocycles. The summed E-state index contributed by atoms with van der Waals surface area (Å²) in [4.78, 5) is 25.0. The van der Waals surface area contributed by atoms with Crippen LogP contribution in [0.15, 0.2) is 18.2 Å². The number of hydrogen-bond donors (Lipinski definition) is 2. The van der Waals surface area contributed by atoms with Gasteiger partial charge in [-0.25, -0.2) is 13.6 Å². The van der Waals surface area contributed by atoms with Gasteiger partial charge in [-0.15, -0.1) is 0 Å². The number of benzene rings is 1. The lowest BCUT2D eigenvalue weighted by Crippen LogP contribution is -2.43. The van der Waals surface area contributed by atoms with Gasteiger partial charge in [0, 0.05) is 31.1 Å². The molecule has 2 amide bonds. The van der Waals surface area contributed by atoms with Gasteiger partial charge in [0.05, 0.1) is 5.41 Å². The maximum absolute atomic E-state index is 14.0. The van der Waals surface area contributed by atoms with E-state index >= 15 is 0 Å². The van der Waals surface area contributed by atoms with E-state index in [0.29, 0.717) is 18.5 Å². The van der Waals surface area contributed by atoms with Gasteiger partial charge in [-0.3, -0.25) is 4.79 Å². The molecule has 2 N–H and O–H groups in total. The van der Waals surface area contributed by atoms with Crippen molar-refractivity contribution in [2.45, 2.75) is 31.6 Å². The molecule has 0 radical (unpaired) electrons. The molecule has 1 atom stereocenters. The van der Waals surface area contributed by atoms with Crippen LogP contribution in [-0.4, -0.2) is 41.6 Å². The van der Waals surface area contributed by atoms with Crippen LogP contribution in [0.25, 0.3) is 0 Å². The predicted octanol–water partition coefficient (Wildman–Crippen LogP) is 2.50. The Balaban J connectivity index is 1.62. The van der Waals surface area contributed by atoms with E-state index in [2.05, 4.69) is 5.32 Å². The largest absolute Gasteiger partial charge is 0.481 e. The van der Waals surface area contributed by atoms with Crippen molar-refractivity contribution in [3.8, 4) is 0 Å². The van der Waals surface area contributed by atoms with E-state index in [0.717, 1.165) is 18.9 Å². The van der Waals surface area contributed by atoms with Gasteiger partial charge in [0.25, 0.3) is 0 Å². The van der Waals surface area contributed by atoms with Crippen molar-refractivity contribution in [3.05, 3.63) is 35.4 Å². The Morgan fingerprint density at radius 2 is 2.00 bits per heavy atom. The highest BCUT2D eigenvalue weighted by atomic mass is 19.1. The third-order valence-electron chi connectivity index (χ3n) is 5.21. The number of carboxylic acid groups (broad SMARTS) is 1. The number of nitrogens with zero attached hydrogens (tertiary/aromatic N) is 1. The van der Waals surface area contributed by atoms with Crippen molar-refractivity contribution in [3.63, 3.8) is 0 Å². The molecular formula is C17H20F2N2O3. The molecule has 0 spiro atoms. The van der Waals surface area contributed by atoms with Crippen LogP contribution in [0, 0.1) is 17.0 Å². The first-order valence-electron chi connectivity index (χ1n) is 7.98. The number of nitrogens with one attached hydrogen (secondary N) is 1. The van der Waals surface area contributed by atoms with Crippen molar-refractivity contribution in [2.75, 3.05) is 19.6 Å². The van der Waals surface area contributed by atoms with E-state index in [9.17, 15) is 23.5 Å². The van der Waals surface area contributed by atoms with Gasteiger partial charge in [-0.2, -0.15) is 0 Å². The molecule has 0 aromatic heterocycles. The molecule has 3 rings (SSSR count). The summed E-state index contributed by atoms with van der Waals surface area (Å²) in [5.41, 5.74) is -0.984. The fourth-order valence-corrected chi connectivity index (χ4v) is 3.28. The molecular weight excluding hydrogens is 318 g/mol. The average molecular weight is 338 g/mol. The topological polar surface area (TPSA) is 69.6 Å². The van der Waals surface area contributed by atoms with E-state index in [1.165, 1.54) is 17.0 Å². The van der Waals surface area contributed by atoms with E-state index in [1.807, 2.05) is 0 Å². The van der Waals surface area contributed by atoms with Crippen LogP contribution in [0.5, 0.6) is 0 Å². The molecule has 0 bridgehead atoms. The van der Waals surface area contributed by atoms with Crippen molar-refractivity contribution >= 4 is 12.0 Å². The number of amides is 2. The monoisotopic (exact) mass is 338 g/mol. The first-order chi connectivity index (χ1) is 11.3. The lowest BCUT2D eigenvalue weighted by Gasteiger charge is -2.23. The van der Waals surface area contributed by atoms with E-state index in [4.69, 9.17) is 0 Å². The Kier molecular flexibility index (Phi) is 3.97. The van der Waals surface area contributed by atoms with Crippen LogP contribution in [0.4, 0.5) is 13.6 Å². The minimum absolute atomic E-state index is 0.159. The van der Waals surface area contributed by atoms with Crippen LogP contribution >= 0.6 is 0 Å². The van der Waals surface area contributed by atoms with Crippen LogP contribution in [0.2, 0.25) is 0 Å². The average Bonchev–Trinajstić information content (AvgIpc) is 3.19. The SMILES string of the molecule is CC1(C(=O)O)CCN(C(=O)NCC2(c3ccc(F)cc3F)CC2)C1. The molecule has 130 valence electrons. The first kappa shape index (κ1) is 16.7. The Labute approximate surface area is 138 Å². The summed E-state index contributed by atoms with van der Waals surface area (Å²) in [5.74, 6) is -2.13. The van der Waals surface area contributed by atoms with Gasteiger partial charge in [0.15, 0.2) is 0 Å². The molecule has 1 aromatic carbocycles. The second-order valence-electron chi connectivity index (χ2n) is 7.10. The van der Waals surface area contributed by atoms with Crippen molar-refractivity contribution in [1.82, 2.24) is 10.2 Å². The molecule has 2 fully saturated rings. The zero-order valence-electron chi connectivity index (χ0n) is 13.4. The molecule has 1 aromatic rings. The summed E-state index contributed by atoms with van der Waals surface area (Å²) in [5, 5.41) is 12.0. The quantitative estimate of drug-likeness (QED) is 0.886. The number of hydrogen-bond acceptors (Lipinski definition) is 2. The molecule has 1 aliphatic carbocycles. The number of carbonyl (C=O) groups excluding carboxylic acids is 1. The van der Waals surface area contributed by atoms with Crippen LogP contribution in [0.1, 0.15) is 31.7 Å². The number of aliphatic carboxylic acids is 1. The molecule has 1 saturated carbocycles. The summed E-state index contributed by atoms with van der Waals surface area (Å²) < 4.78 is 27.0. The zero-order chi connectivity index (χ0) is 17.5. The second kappa shape index (κ2) is 5.72. The van der Waals surface area contributed by atoms with Crippen LogP contribution in [0.3, 0.4) is 0 Å². The lowest BCUT2D eigenvalue weighted by atomic mass is 9.90. The first-order valence-corrected chi connectivity index (χ1v) is 7.98. The molecule has 7 heteroatoms. The standard InChI is InChI=1S/C17H20F2N2O3/c1-16(14(22)23)6-7-21(10-16)15(24)20-9-17(4-5-17)12-3-2-11(18)8-13(12)19/h2-3,8H,4-7,9-10H2,1H3,(H,20,24)(H,22,23). The highest BCUT2D eigenvalue weighted by molar-refractivity contribution is 5.79. The van der Waals surface area contributed by atoms with Gasteiger partial charge in [0.1, 0.15) is 11.6 Å². The van der Waals surface area contributed by atoms with E-state index in [-0.39, 0.29) is 19.1 Å². The van der Waals surface area contributed by atoms with Crippen molar-refractivity contribution in [2.24, 2.45) is 5.41 Å². The van der Waals surface area contributed by atoms with Crippen molar-refractivity contribution in [1.29, 1.82) is 0 Å². The third kappa shape index (κ3) is 2.95. The highest BCUT2D eigenvalue weighted by Gasteiger charge is 2.47. The Bertz CT molecular complexity index is 690. The maximum atomic E-state index is 14.0. The Morgan fingerprint density at radius 1 is 1.29 bits per heavy atom. The van der Waals surface area contributed by atoms with Crippen LogP contribution < -0.4 is 5.32 Å². The number of halogens is 2. The molecule has 1 aliphatic heterocycles. The smallest absolute Gasteiger partial charge is 0.317 e. The van der Waals surface area contributed by atoms with Crippen molar-refractivity contribution < 1.29 is 23.5 Å². The maximum Gasteiger partial charge on any atom is 0.317 e. The molecule has 1 heterocycles. The zero-order valence-corrected chi connectivity index (χ0v) is 13.4. The number of rotatable bonds is 4. The minimum Gasteiger partial charge on any atom is -0.481 e. The van der Waals surface area contributed by atoms with Gasteiger partial charge in [-0.05, 0) is 37.8 Å². The third-order valence-corrected chi connectivity index (χ3v) is 5.21. The normalized spacial score (nSPS) is 24.7. The van der Waals surface area contributed by atoms with Gasteiger partial charge in [0.2, 0.25) is 0 Å². The van der Waals surface area contributed by atoms with Gasteiger partial charge in [-0.1, -0.05) is 6.07 Å². The summed E-state index contributed by atoms with van der Waals surface area (Å²) >= 11 is 0. The summed E-state index contributed by atoms with van der Waals surface area (Å²) in [6.45, 7) is 2.42. The Morgan fingerprint density at radius 3 is 2.54 bits per heavy atom. The Hall–Kier alpha value is -2.18. The number of likely N-dealkylation sites (tertiary alicyclic amines) is 1. The fourth-order valence-electron chi connectivity index (χ4n) is 3.28. The van der Waals surface area contributed by atoms with Crippen LogP contribution in [-0.2, 0) is 10.2 Å². The predicted molar refractivity (Wildman–Crippen MR) is 82.6 cm³/mol. The number of urea groups is 1. The van der Waals surface area contributed by atoms with E-state index in [1.54, 1.807) is 6.92 Å². The summed E-state index contributed by atoms with van der Waals surface area (Å²) in [6.07, 6.45) is 1.86. The molecule has 1 unspecified atom stereocenters. The lowest BCUT2D eigenvalue weighted by molar-refractivity contribution is -0.147. The fraction of sp³-hybridized carbons (Fsp3) is 0.529. The molecule has 24 heavy (non-hydrogen) atoms.